The Hall–Kier alpha value is -2.83. The highest BCUT2D eigenvalue weighted by atomic mass is 16.6. The number of aryl methyl sites for hydroxylation is 1. The fraction of sp³-hybridized carbons (Fsp3) is 0.476. The van der Waals surface area contributed by atoms with Gasteiger partial charge in [-0.3, -0.25) is 4.90 Å². The molecule has 0 aliphatic carbocycles. The highest BCUT2D eigenvalue weighted by Gasteiger charge is 2.37. The second-order valence-corrected chi connectivity index (χ2v) is 8.05. The molecule has 1 aromatic carbocycles. The first-order valence-corrected chi connectivity index (χ1v) is 9.32. The van der Waals surface area contributed by atoms with Gasteiger partial charge in [0.05, 0.1) is 0 Å². The average molecular weight is 387 g/mol. The van der Waals surface area contributed by atoms with Gasteiger partial charge in [-0.25, -0.2) is 14.4 Å². The molecule has 7 nitrogen and oxygen atoms in total. The first kappa shape index (κ1) is 19.9. The van der Waals surface area contributed by atoms with E-state index in [4.69, 9.17) is 13.9 Å². The van der Waals surface area contributed by atoms with Crippen molar-refractivity contribution < 1.29 is 23.5 Å². The zero-order valence-electron chi connectivity index (χ0n) is 16.8. The van der Waals surface area contributed by atoms with E-state index in [0.717, 1.165) is 10.9 Å². The molecule has 1 saturated heterocycles. The van der Waals surface area contributed by atoms with Gasteiger partial charge in [0.1, 0.15) is 23.0 Å². The Kier molecular flexibility index (Phi) is 5.19. The number of hydrogen-bond donors (Lipinski definition) is 0. The minimum Gasteiger partial charge on any atom is -0.444 e. The number of benzene rings is 1. The van der Waals surface area contributed by atoms with Crippen LogP contribution in [0.15, 0.2) is 27.4 Å². The quantitative estimate of drug-likeness (QED) is 0.444. The summed E-state index contributed by atoms with van der Waals surface area (Å²) in [6.45, 7) is 9.33. The fourth-order valence-corrected chi connectivity index (χ4v) is 3.23. The lowest BCUT2D eigenvalue weighted by atomic mass is 10.1. The van der Waals surface area contributed by atoms with Crippen LogP contribution >= 0.6 is 0 Å². The van der Waals surface area contributed by atoms with E-state index in [1.807, 2.05) is 6.92 Å². The monoisotopic (exact) mass is 387 g/mol. The molecule has 3 rings (SSSR count). The van der Waals surface area contributed by atoms with Crippen LogP contribution in [0.1, 0.15) is 44.7 Å². The van der Waals surface area contributed by atoms with Crippen LogP contribution in [0.5, 0.6) is 5.75 Å². The smallest absolute Gasteiger partial charge is 0.411 e. The Morgan fingerprint density at radius 3 is 2.57 bits per heavy atom. The summed E-state index contributed by atoms with van der Waals surface area (Å²) in [4.78, 5) is 38.3. The van der Waals surface area contributed by atoms with Crippen molar-refractivity contribution in [3.8, 4) is 5.75 Å². The highest BCUT2D eigenvalue weighted by molar-refractivity contribution is 5.86. The first-order chi connectivity index (χ1) is 13.1. The summed E-state index contributed by atoms with van der Waals surface area (Å²) in [5.41, 5.74) is 0.682. The van der Waals surface area contributed by atoms with Gasteiger partial charge in [-0.15, -0.1) is 0 Å². The minimum atomic E-state index is -0.697. The van der Waals surface area contributed by atoms with E-state index >= 15 is 0 Å². The molecule has 1 fully saturated rings. The summed E-state index contributed by atoms with van der Waals surface area (Å²) < 4.78 is 16.2. The second-order valence-electron chi connectivity index (χ2n) is 8.05. The highest BCUT2D eigenvalue weighted by Crippen LogP contribution is 2.26. The maximum Gasteiger partial charge on any atom is 0.411 e. The van der Waals surface area contributed by atoms with Gasteiger partial charge >= 0.3 is 17.7 Å². The van der Waals surface area contributed by atoms with E-state index < -0.39 is 29.3 Å². The SMILES string of the molecule is Cc1c(C)c2ccc(OC(=O)[C@H]3CCCN3C(=O)OC(C)(C)C)cc2oc1=O. The number of carbonyl (C=O) groups excluding carboxylic acids is 2. The number of ether oxygens (including phenoxy) is 2. The van der Waals surface area contributed by atoms with Crippen LogP contribution in [0.3, 0.4) is 0 Å². The van der Waals surface area contributed by atoms with E-state index in [9.17, 15) is 14.4 Å². The van der Waals surface area contributed by atoms with Gasteiger partial charge in [0.25, 0.3) is 0 Å². The van der Waals surface area contributed by atoms with Crippen LogP contribution in [-0.2, 0) is 9.53 Å². The number of likely N-dealkylation sites (tertiary alicyclic amines) is 1. The minimum absolute atomic E-state index is 0.264. The standard InChI is InChI=1S/C21H25NO6/c1-12-13(2)18(23)27-17-11-14(8-9-15(12)17)26-19(24)16-7-6-10-22(16)20(25)28-21(3,4)5/h8-9,11,16H,6-7,10H2,1-5H3/t16-/m1/s1. The van der Waals surface area contributed by atoms with Crippen molar-refractivity contribution in [2.75, 3.05) is 6.54 Å². The number of carbonyl (C=O) groups is 2. The van der Waals surface area contributed by atoms with Gasteiger partial charge < -0.3 is 13.9 Å². The molecule has 0 saturated carbocycles. The third kappa shape index (κ3) is 4.03. The van der Waals surface area contributed by atoms with Gasteiger partial charge in [0.15, 0.2) is 0 Å². The van der Waals surface area contributed by atoms with Gasteiger partial charge in [-0.1, -0.05) is 0 Å². The molecule has 0 N–H and O–H groups in total. The molecule has 2 aromatic rings. The predicted molar refractivity (Wildman–Crippen MR) is 104 cm³/mol. The molecular weight excluding hydrogens is 362 g/mol. The third-order valence-electron chi connectivity index (χ3n) is 4.80. The van der Waals surface area contributed by atoms with Crippen molar-refractivity contribution in [1.29, 1.82) is 0 Å². The average Bonchev–Trinajstić information content (AvgIpc) is 3.08. The van der Waals surface area contributed by atoms with Crippen molar-refractivity contribution in [2.45, 2.75) is 59.1 Å². The molecule has 1 aliphatic rings. The second kappa shape index (κ2) is 7.30. The van der Waals surface area contributed by atoms with Gasteiger partial charge in [0.2, 0.25) is 0 Å². The van der Waals surface area contributed by atoms with Crippen LogP contribution in [0.4, 0.5) is 4.79 Å². The Morgan fingerprint density at radius 1 is 1.18 bits per heavy atom. The van der Waals surface area contributed by atoms with Crippen LogP contribution in [0.2, 0.25) is 0 Å². The lowest BCUT2D eigenvalue weighted by molar-refractivity contribution is -0.139. The fourth-order valence-electron chi connectivity index (χ4n) is 3.23. The number of nitrogens with zero attached hydrogens (tertiary/aromatic N) is 1. The van der Waals surface area contributed by atoms with E-state index in [2.05, 4.69) is 0 Å². The van der Waals surface area contributed by atoms with Crippen molar-refractivity contribution in [1.82, 2.24) is 4.90 Å². The van der Waals surface area contributed by atoms with Crippen LogP contribution in [0, 0.1) is 13.8 Å². The van der Waals surface area contributed by atoms with Crippen LogP contribution in [-0.4, -0.2) is 35.2 Å². The largest absolute Gasteiger partial charge is 0.444 e. The Bertz CT molecular complexity index is 985. The summed E-state index contributed by atoms with van der Waals surface area (Å²) in [6, 6.07) is 4.23. The summed E-state index contributed by atoms with van der Waals surface area (Å²) in [7, 11) is 0. The molecule has 0 unspecified atom stereocenters. The van der Waals surface area contributed by atoms with Gasteiger partial charge in [0, 0.05) is 23.6 Å². The van der Waals surface area contributed by atoms with E-state index in [-0.39, 0.29) is 5.75 Å². The van der Waals surface area contributed by atoms with E-state index in [1.165, 1.54) is 11.0 Å². The van der Waals surface area contributed by atoms with Crippen LogP contribution in [0.25, 0.3) is 11.0 Å². The summed E-state index contributed by atoms with van der Waals surface area (Å²) >= 11 is 0. The third-order valence-corrected chi connectivity index (χ3v) is 4.80. The molecule has 0 spiro atoms. The zero-order chi connectivity index (χ0) is 20.6. The molecule has 0 bridgehead atoms. The molecule has 150 valence electrons. The topological polar surface area (TPSA) is 86.1 Å². The molecule has 28 heavy (non-hydrogen) atoms. The normalized spacial score (nSPS) is 17.0. The first-order valence-electron chi connectivity index (χ1n) is 9.32. The molecule has 7 heteroatoms. The molecule has 0 radical (unpaired) electrons. The number of amides is 1. The number of esters is 1. The van der Waals surface area contributed by atoms with E-state index in [0.29, 0.717) is 30.5 Å². The summed E-state index contributed by atoms with van der Waals surface area (Å²) in [5, 5.41) is 0.785. The van der Waals surface area contributed by atoms with E-state index in [1.54, 1.807) is 39.8 Å². The molecular formula is C21H25NO6. The Balaban J connectivity index is 1.79. The van der Waals surface area contributed by atoms with Gasteiger partial charge in [-0.05, 0) is 65.2 Å². The maximum atomic E-state index is 12.7. The van der Waals surface area contributed by atoms with Crippen LogP contribution < -0.4 is 10.4 Å². The molecule has 1 aromatic heterocycles. The Morgan fingerprint density at radius 2 is 1.89 bits per heavy atom. The number of hydrogen-bond acceptors (Lipinski definition) is 6. The van der Waals surface area contributed by atoms with Crippen molar-refractivity contribution >= 4 is 23.0 Å². The van der Waals surface area contributed by atoms with Gasteiger partial charge in [-0.2, -0.15) is 0 Å². The van der Waals surface area contributed by atoms with Crippen molar-refractivity contribution in [3.63, 3.8) is 0 Å². The lowest BCUT2D eigenvalue weighted by Gasteiger charge is -2.27. The predicted octanol–water partition coefficient (Wildman–Crippen LogP) is 3.71. The van der Waals surface area contributed by atoms with Crippen molar-refractivity contribution in [3.05, 3.63) is 39.7 Å². The Labute approximate surface area is 163 Å². The van der Waals surface area contributed by atoms with Crippen molar-refractivity contribution in [2.24, 2.45) is 0 Å². The zero-order valence-corrected chi connectivity index (χ0v) is 16.8. The molecule has 1 aliphatic heterocycles. The molecule has 1 amide bonds. The lowest BCUT2D eigenvalue weighted by Crippen LogP contribution is -2.44. The molecule has 2 heterocycles. The summed E-state index contributed by atoms with van der Waals surface area (Å²) in [6.07, 6.45) is 0.686. The molecule has 1 atom stereocenters. The summed E-state index contributed by atoms with van der Waals surface area (Å²) in [5.74, 6) is -0.270. The number of fused-ring (bicyclic) bond motifs is 1. The number of rotatable bonds is 2. The maximum absolute atomic E-state index is 12.7.